The summed E-state index contributed by atoms with van der Waals surface area (Å²) in [5.41, 5.74) is 23.0. The fraction of sp³-hybridized carbons (Fsp3) is 0.0149. The minimum atomic E-state index is -0.529. The number of rotatable bonds is 6. The lowest BCUT2D eigenvalue weighted by Crippen LogP contribution is -2.28. The van der Waals surface area contributed by atoms with Crippen molar-refractivity contribution in [3.05, 3.63) is 277 Å². The van der Waals surface area contributed by atoms with Crippen LogP contribution >= 0.6 is 0 Å². The highest BCUT2D eigenvalue weighted by atomic mass is 15.2. The quantitative estimate of drug-likeness (QED) is 0.156. The Hall–Kier alpha value is -9.38. The van der Waals surface area contributed by atoms with Gasteiger partial charge in [-0.2, -0.15) is 0 Å². The van der Waals surface area contributed by atoms with E-state index in [1.807, 2.05) is 6.20 Å². The monoisotopic (exact) mass is 902 g/mol. The van der Waals surface area contributed by atoms with Crippen LogP contribution in [-0.2, 0) is 5.41 Å². The average Bonchev–Trinajstić information content (AvgIpc) is 3.92. The van der Waals surface area contributed by atoms with Crippen LogP contribution in [0.3, 0.4) is 0 Å². The van der Waals surface area contributed by atoms with E-state index in [4.69, 9.17) is 9.97 Å². The number of hydrogen-bond donors (Lipinski definition) is 0. The molecule has 0 saturated carbocycles. The molecule has 1 spiro atoms. The first-order valence-corrected chi connectivity index (χ1v) is 24.4. The number of anilines is 6. The second-order valence-electron chi connectivity index (χ2n) is 18.8. The van der Waals surface area contributed by atoms with Crippen LogP contribution in [0.15, 0.2) is 255 Å². The molecule has 0 amide bonds. The van der Waals surface area contributed by atoms with E-state index < -0.39 is 5.41 Å². The second-order valence-corrected chi connectivity index (χ2v) is 18.8. The molecule has 71 heavy (non-hydrogen) atoms. The molecule has 0 unspecified atom stereocenters. The Morgan fingerprint density at radius 1 is 0.380 bits per heavy atom. The van der Waals surface area contributed by atoms with Gasteiger partial charge in [-0.25, -0.2) is 4.98 Å². The van der Waals surface area contributed by atoms with Gasteiger partial charge in [0.2, 0.25) is 0 Å². The molecule has 3 heterocycles. The Kier molecular flexibility index (Phi) is 8.54. The van der Waals surface area contributed by atoms with Gasteiger partial charge < -0.3 is 4.90 Å². The van der Waals surface area contributed by atoms with Crippen LogP contribution in [0.25, 0.3) is 77.4 Å². The summed E-state index contributed by atoms with van der Waals surface area (Å²) in [5, 5.41) is 3.36. The molecule has 2 aromatic heterocycles. The van der Waals surface area contributed by atoms with Crippen LogP contribution in [0.2, 0.25) is 0 Å². The molecule has 4 nitrogen and oxygen atoms in total. The van der Waals surface area contributed by atoms with E-state index in [0.717, 1.165) is 83.9 Å². The Balaban J connectivity index is 0.890. The van der Waals surface area contributed by atoms with Crippen LogP contribution in [0, 0.1) is 0 Å². The molecular formula is C67H42N4. The van der Waals surface area contributed by atoms with Gasteiger partial charge in [-0.05, 0) is 116 Å². The number of fused-ring (bicyclic) bond motifs is 14. The van der Waals surface area contributed by atoms with Gasteiger partial charge >= 0.3 is 0 Å². The summed E-state index contributed by atoms with van der Waals surface area (Å²) in [6.07, 6.45) is 1.93. The molecule has 0 radical (unpaired) electrons. The highest BCUT2D eigenvalue weighted by Crippen LogP contribution is 2.65. The van der Waals surface area contributed by atoms with Crippen LogP contribution in [0.1, 0.15) is 22.3 Å². The van der Waals surface area contributed by atoms with Crippen LogP contribution in [0.5, 0.6) is 0 Å². The SMILES string of the molecule is c1ccc(-c2ccccc2N(c2ccc(-c3ccc(N4c5ccccc5-c5nccc6c5c4nc4ccccc46)cc3)cc2)c2cccc3c2C2(c4ccccc4-c4ccccc42)c2ccccc2-3)cc1. The van der Waals surface area contributed by atoms with E-state index in [1.54, 1.807) is 0 Å². The van der Waals surface area contributed by atoms with Gasteiger partial charge in [0.15, 0.2) is 0 Å². The summed E-state index contributed by atoms with van der Waals surface area (Å²) in [6, 6.07) is 91.0. The fourth-order valence-electron chi connectivity index (χ4n) is 12.4. The molecule has 15 rings (SSSR count). The fourth-order valence-corrected chi connectivity index (χ4v) is 12.4. The van der Waals surface area contributed by atoms with E-state index in [0.29, 0.717) is 0 Å². The maximum absolute atomic E-state index is 5.33. The molecule has 0 saturated heterocycles. The zero-order valence-electron chi connectivity index (χ0n) is 38.5. The molecule has 0 atom stereocenters. The van der Waals surface area contributed by atoms with Crippen LogP contribution < -0.4 is 9.80 Å². The molecule has 330 valence electrons. The molecule has 12 aromatic rings. The summed E-state index contributed by atoms with van der Waals surface area (Å²) < 4.78 is 0. The first-order chi connectivity index (χ1) is 35.3. The predicted octanol–water partition coefficient (Wildman–Crippen LogP) is 17.4. The Morgan fingerprint density at radius 3 is 1.65 bits per heavy atom. The zero-order chi connectivity index (χ0) is 46.6. The number of para-hydroxylation sites is 3. The van der Waals surface area contributed by atoms with Crippen molar-refractivity contribution in [1.29, 1.82) is 0 Å². The summed E-state index contributed by atoms with van der Waals surface area (Å²) in [4.78, 5) is 15.1. The standard InChI is InChI=1S/C67H42N4/c1-2-17-45(18-3-1)48-19-8-14-30-60(48)70(62-32-16-25-54-51-22-6-12-28-58(51)67(64(54)62)56-26-10-4-20-49(56)50-21-5-11-27-57(50)67)46-37-33-43(34-38-46)44-35-39-47(40-36-44)71-61-31-15-9-24-55(61)65-63-53(41-42-68-65)52-23-7-13-29-59(52)69-66(63)71/h1-42H. The minimum Gasteiger partial charge on any atom is -0.310 e. The number of nitrogens with zero attached hydrogens (tertiary/aromatic N) is 4. The van der Waals surface area contributed by atoms with Crippen molar-refractivity contribution in [1.82, 2.24) is 9.97 Å². The summed E-state index contributed by atoms with van der Waals surface area (Å²) in [7, 11) is 0. The number of aromatic nitrogens is 2. The van der Waals surface area contributed by atoms with E-state index in [9.17, 15) is 0 Å². The number of benzene rings is 10. The molecule has 0 fully saturated rings. The second kappa shape index (κ2) is 15.3. The van der Waals surface area contributed by atoms with Crippen molar-refractivity contribution in [2.45, 2.75) is 5.41 Å². The molecule has 0 bridgehead atoms. The topological polar surface area (TPSA) is 32.3 Å². The normalized spacial score (nSPS) is 13.2. The van der Waals surface area contributed by atoms with Crippen LogP contribution in [0.4, 0.5) is 34.3 Å². The van der Waals surface area contributed by atoms with E-state index in [-0.39, 0.29) is 0 Å². The Bertz CT molecular complexity index is 4060. The molecule has 3 aliphatic rings. The average molecular weight is 903 g/mol. The first kappa shape index (κ1) is 39.6. The minimum absolute atomic E-state index is 0.529. The largest absolute Gasteiger partial charge is 0.310 e. The zero-order valence-corrected chi connectivity index (χ0v) is 38.5. The summed E-state index contributed by atoms with van der Waals surface area (Å²) in [5.74, 6) is 0.898. The third-order valence-electron chi connectivity index (χ3n) is 15.3. The van der Waals surface area contributed by atoms with Gasteiger partial charge in [-0.1, -0.05) is 194 Å². The third-order valence-corrected chi connectivity index (χ3v) is 15.3. The van der Waals surface area contributed by atoms with Crippen molar-refractivity contribution >= 4 is 55.9 Å². The van der Waals surface area contributed by atoms with Gasteiger partial charge in [-0.15, -0.1) is 0 Å². The first-order valence-electron chi connectivity index (χ1n) is 24.4. The van der Waals surface area contributed by atoms with Crippen molar-refractivity contribution in [2.75, 3.05) is 9.80 Å². The molecule has 2 aliphatic carbocycles. The summed E-state index contributed by atoms with van der Waals surface area (Å²) in [6.45, 7) is 0. The van der Waals surface area contributed by atoms with Gasteiger partial charge in [-0.3, -0.25) is 9.88 Å². The molecule has 4 heteroatoms. The number of hydrogen-bond acceptors (Lipinski definition) is 4. The van der Waals surface area contributed by atoms with Gasteiger partial charge in [0, 0.05) is 39.6 Å². The lowest BCUT2D eigenvalue weighted by Gasteiger charge is -2.36. The van der Waals surface area contributed by atoms with E-state index in [2.05, 4.69) is 259 Å². The van der Waals surface area contributed by atoms with Crippen molar-refractivity contribution in [3.8, 4) is 55.8 Å². The van der Waals surface area contributed by atoms with Gasteiger partial charge in [0.05, 0.1) is 39.1 Å². The smallest absolute Gasteiger partial charge is 0.148 e. The van der Waals surface area contributed by atoms with Crippen molar-refractivity contribution < 1.29 is 0 Å². The van der Waals surface area contributed by atoms with Gasteiger partial charge in [0.25, 0.3) is 0 Å². The molecule has 10 aromatic carbocycles. The van der Waals surface area contributed by atoms with Crippen LogP contribution in [-0.4, -0.2) is 9.97 Å². The van der Waals surface area contributed by atoms with Crippen molar-refractivity contribution in [2.24, 2.45) is 0 Å². The predicted molar refractivity (Wildman–Crippen MR) is 293 cm³/mol. The number of pyridine rings is 2. The lowest BCUT2D eigenvalue weighted by molar-refractivity contribution is 0.793. The molecule has 1 aliphatic heterocycles. The van der Waals surface area contributed by atoms with Gasteiger partial charge in [0.1, 0.15) is 5.82 Å². The summed E-state index contributed by atoms with van der Waals surface area (Å²) >= 11 is 0. The third kappa shape index (κ3) is 5.61. The van der Waals surface area contributed by atoms with E-state index in [1.165, 1.54) is 50.1 Å². The van der Waals surface area contributed by atoms with Crippen molar-refractivity contribution in [3.63, 3.8) is 0 Å². The highest BCUT2D eigenvalue weighted by Gasteiger charge is 2.53. The lowest BCUT2D eigenvalue weighted by atomic mass is 9.70. The Morgan fingerprint density at radius 2 is 0.930 bits per heavy atom. The molecule has 0 N–H and O–H groups in total. The Labute approximate surface area is 412 Å². The molecular weight excluding hydrogens is 861 g/mol. The maximum atomic E-state index is 5.33. The highest BCUT2D eigenvalue weighted by molar-refractivity contribution is 6.19. The maximum Gasteiger partial charge on any atom is 0.148 e. The van der Waals surface area contributed by atoms with E-state index >= 15 is 0 Å².